The van der Waals surface area contributed by atoms with E-state index in [0.29, 0.717) is 12.3 Å². The van der Waals surface area contributed by atoms with E-state index in [1.54, 1.807) is 0 Å². The molecule has 1 aliphatic heterocycles. The van der Waals surface area contributed by atoms with E-state index in [2.05, 4.69) is 68.1 Å². The van der Waals surface area contributed by atoms with Gasteiger partial charge >= 0.3 is 5.97 Å². The summed E-state index contributed by atoms with van der Waals surface area (Å²) in [5.41, 5.74) is 7.79. The number of likely N-dealkylation sites (tertiary alicyclic amines) is 1. The number of rotatable bonds is 9. The molecule has 0 aromatic heterocycles. The summed E-state index contributed by atoms with van der Waals surface area (Å²) in [5, 5.41) is 0. The molecule has 4 rings (SSSR count). The molecule has 1 fully saturated rings. The molecular weight excluding hydrogens is 406 g/mol. The Morgan fingerprint density at radius 3 is 2.48 bits per heavy atom. The number of aryl methyl sites for hydroxylation is 2. The van der Waals surface area contributed by atoms with Gasteiger partial charge in [-0.05, 0) is 98.9 Å². The lowest BCUT2D eigenvalue weighted by Crippen LogP contribution is -2.33. The zero-order chi connectivity index (χ0) is 23.2. The van der Waals surface area contributed by atoms with Crippen molar-refractivity contribution in [2.75, 3.05) is 13.1 Å². The summed E-state index contributed by atoms with van der Waals surface area (Å²) in [6, 6.07) is 15.3. The summed E-state index contributed by atoms with van der Waals surface area (Å²) in [4.78, 5) is 15.2. The molecule has 2 aromatic carbocycles. The highest BCUT2D eigenvalue weighted by Gasteiger charge is 2.29. The van der Waals surface area contributed by atoms with Crippen molar-refractivity contribution in [2.24, 2.45) is 5.92 Å². The minimum Gasteiger partial charge on any atom is -0.426 e. The molecule has 0 bridgehead atoms. The first-order valence-electron chi connectivity index (χ1n) is 12.8. The Morgan fingerprint density at radius 2 is 1.76 bits per heavy atom. The third-order valence-electron chi connectivity index (χ3n) is 7.38. The van der Waals surface area contributed by atoms with E-state index in [9.17, 15) is 4.79 Å². The first kappa shape index (κ1) is 23.8. The highest BCUT2D eigenvalue weighted by atomic mass is 16.5. The van der Waals surface area contributed by atoms with Gasteiger partial charge in [0.2, 0.25) is 0 Å². The lowest BCUT2D eigenvalue weighted by atomic mass is 9.89. The van der Waals surface area contributed by atoms with Gasteiger partial charge in [-0.2, -0.15) is 0 Å². The van der Waals surface area contributed by atoms with Crippen molar-refractivity contribution in [1.82, 2.24) is 4.90 Å². The fraction of sp³-hybridized carbons (Fsp3) is 0.500. The number of carbonyl (C=O) groups excluding carboxylic acids is 1. The maximum atomic E-state index is 12.6. The molecule has 0 unspecified atom stereocenters. The molecule has 0 amide bonds. The number of unbranched alkanes of at least 4 members (excludes halogenated alkanes) is 2. The van der Waals surface area contributed by atoms with Crippen molar-refractivity contribution < 1.29 is 9.53 Å². The fourth-order valence-corrected chi connectivity index (χ4v) is 5.25. The van der Waals surface area contributed by atoms with Crippen LogP contribution in [0.25, 0.3) is 5.76 Å². The summed E-state index contributed by atoms with van der Waals surface area (Å²) >= 11 is 0. The monoisotopic (exact) mass is 445 g/mol. The van der Waals surface area contributed by atoms with Crippen LogP contribution in [0, 0.1) is 19.8 Å². The van der Waals surface area contributed by atoms with Crippen LogP contribution < -0.4 is 0 Å². The van der Waals surface area contributed by atoms with Crippen LogP contribution in [0.2, 0.25) is 0 Å². The van der Waals surface area contributed by atoms with E-state index in [1.165, 1.54) is 40.7 Å². The van der Waals surface area contributed by atoms with E-state index < -0.39 is 0 Å². The number of carbonyl (C=O) groups is 1. The minimum atomic E-state index is -0.0697. The largest absolute Gasteiger partial charge is 0.426 e. The first-order chi connectivity index (χ1) is 16.0. The molecule has 1 saturated heterocycles. The van der Waals surface area contributed by atoms with Gasteiger partial charge in [-0.1, -0.05) is 56.2 Å². The van der Waals surface area contributed by atoms with Crippen LogP contribution in [0.15, 0.2) is 48.0 Å². The summed E-state index contributed by atoms with van der Waals surface area (Å²) in [5.74, 6) is 1.47. The molecule has 0 saturated carbocycles. The van der Waals surface area contributed by atoms with E-state index in [-0.39, 0.29) is 5.97 Å². The molecule has 176 valence electrons. The molecule has 3 heteroatoms. The number of piperidine rings is 1. The van der Waals surface area contributed by atoms with Gasteiger partial charge in [-0.25, -0.2) is 0 Å². The first-order valence-corrected chi connectivity index (χ1v) is 12.8. The molecule has 0 atom stereocenters. The maximum Gasteiger partial charge on any atom is 0.311 e. The topological polar surface area (TPSA) is 29.5 Å². The smallest absolute Gasteiger partial charge is 0.311 e. The zero-order valence-corrected chi connectivity index (χ0v) is 20.7. The van der Waals surface area contributed by atoms with Crippen LogP contribution in [0.3, 0.4) is 0 Å². The highest BCUT2D eigenvalue weighted by Crippen LogP contribution is 2.40. The molecular formula is C30H39NO2. The minimum absolute atomic E-state index is 0.0697. The van der Waals surface area contributed by atoms with Crippen LogP contribution >= 0.6 is 0 Å². The highest BCUT2D eigenvalue weighted by molar-refractivity contribution is 5.82. The second-order valence-electron chi connectivity index (χ2n) is 10.0. The second-order valence-corrected chi connectivity index (χ2v) is 10.0. The maximum absolute atomic E-state index is 12.6. The SMILES string of the molecule is CCCCCC(=O)OC1=C(CC2CCN(Cc3ccccc3)CC2)Cc2cc(C)c(C)cc21. The molecule has 0 spiro atoms. The molecule has 2 aliphatic rings. The molecule has 1 heterocycles. The van der Waals surface area contributed by atoms with Crippen LogP contribution in [0.1, 0.15) is 79.7 Å². The lowest BCUT2D eigenvalue weighted by molar-refractivity contribution is -0.136. The Morgan fingerprint density at radius 1 is 1.03 bits per heavy atom. The summed E-state index contributed by atoms with van der Waals surface area (Å²) < 4.78 is 6.06. The van der Waals surface area contributed by atoms with E-state index in [1.807, 2.05) is 0 Å². The van der Waals surface area contributed by atoms with Crippen molar-refractivity contribution in [3.8, 4) is 0 Å². The Kier molecular flexibility index (Phi) is 8.03. The number of esters is 1. The molecule has 0 radical (unpaired) electrons. The van der Waals surface area contributed by atoms with Crippen LogP contribution in [-0.2, 0) is 22.5 Å². The number of hydrogen-bond donors (Lipinski definition) is 0. The Bertz CT molecular complexity index is 984. The van der Waals surface area contributed by atoms with Gasteiger partial charge in [-0.15, -0.1) is 0 Å². The Hall–Kier alpha value is -2.39. The van der Waals surface area contributed by atoms with Gasteiger partial charge in [0.25, 0.3) is 0 Å². The number of ether oxygens (including phenoxy) is 1. The zero-order valence-electron chi connectivity index (χ0n) is 20.7. The van der Waals surface area contributed by atoms with Gasteiger partial charge in [0, 0.05) is 18.5 Å². The van der Waals surface area contributed by atoms with E-state index in [4.69, 9.17) is 4.74 Å². The van der Waals surface area contributed by atoms with Crippen LogP contribution in [-0.4, -0.2) is 24.0 Å². The second kappa shape index (κ2) is 11.2. The number of fused-ring (bicyclic) bond motifs is 1. The summed E-state index contributed by atoms with van der Waals surface area (Å²) in [6.07, 6.45) is 8.02. The van der Waals surface area contributed by atoms with E-state index in [0.717, 1.165) is 63.1 Å². The van der Waals surface area contributed by atoms with Gasteiger partial charge in [0.05, 0.1) is 0 Å². The summed E-state index contributed by atoms with van der Waals surface area (Å²) in [6.45, 7) is 9.81. The lowest BCUT2D eigenvalue weighted by Gasteiger charge is -2.32. The number of benzene rings is 2. The summed E-state index contributed by atoms with van der Waals surface area (Å²) in [7, 11) is 0. The third-order valence-corrected chi connectivity index (χ3v) is 7.38. The molecule has 2 aromatic rings. The molecule has 33 heavy (non-hydrogen) atoms. The molecule has 1 aliphatic carbocycles. The van der Waals surface area contributed by atoms with Crippen LogP contribution in [0.5, 0.6) is 0 Å². The third kappa shape index (κ3) is 6.14. The van der Waals surface area contributed by atoms with Crippen molar-refractivity contribution in [3.05, 3.63) is 75.9 Å². The average Bonchev–Trinajstić information content (AvgIpc) is 3.12. The normalized spacial score (nSPS) is 16.8. The van der Waals surface area contributed by atoms with E-state index >= 15 is 0 Å². The number of hydrogen-bond acceptors (Lipinski definition) is 3. The molecule has 3 nitrogen and oxygen atoms in total. The van der Waals surface area contributed by atoms with Gasteiger partial charge < -0.3 is 4.74 Å². The molecule has 0 N–H and O–H groups in total. The predicted molar refractivity (Wildman–Crippen MR) is 136 cm³/mol. The fourth-order valence-electron chi connectivity index (χ4n) is 5.25. The quantitative estimate of drug-likeness (QED) is 0.307. The van der Waals surface area contributed by atoms with Gasteiger partial charge in [-0.3, -0.25) is 9.69 Å². The van der Waals surface area contributed by atoms with Gasteiger partial charge in [0.15, 0.2) is 0 Å². The van der Waals surface area contributed by atoms with Gasteiger partial charge in [0.1, 0.15) is 5.76 Å². The number of allylic oxidation sites excluding steroid dienone is 1. The standard InChI is InChI=1S/C30H39NO2/c1-4-5-7-12-29(32)33-30-27(20-26-17-22(2)23(3)18-28(26)30)19-24-13-15-31(16-14-24)21-25-10-8-6-9-11-25/h6,8-11,17-18,24H,4-5,7,12-16,19-21H2,1-3H3. The van der Waals surface area contributed by atoms with Crippen molar-refractivity contribution in [3.63, 3.8) is 0 Å². The average molecular weight is 446 g/mol. The Labute approximate surface area is 199 Å². The van der Waals surface area contributed by atoms with Crippen molar-refractivity contribution in [2.45, 2.75) is 78.7 Å². The van der Waals surface area contributed by atoms with Crippen LogP contribution in [0.4, 0.5) is 0 Å². The Balaban J connectivity index is 1.42. The van der Waals surface area contributed by atoms with Crippen molar-refractivity contribution >= 4 is 11.7 Å². The predicted octanol–water partition coefficient (Wildman–Crippen LogP) is 7.00. The van der Waals surface area contributed by atoms with Crippen molar-refractivity contribution in [1.29, 1.82) is 0 Å². The number of nitrogens with zero attached hydrogens (tertiary/aromatic N) is 1.